The van der Waals surface area contributed by atoms with Gasteiger partial charge in [0.25, 0.3) is 0 Å². The molecule has 1 amide bonds. The summed E-state index contributed by atoms with van der Waals surface area (Å²) in [5.41, 5.74) is 4.23. The van der Waals surface area contributed by atoms with E-state index in [4.69, 9.17) is 26.2 Å². The molecule has 1 aliphatic heterocycles. The summed E-state index contributed by atoms with van der Waals surface area (Å²) in [6.07, 6.45) is 0.165. The highest BCUT2D eigenvalue weighted by molar-refractivity contribution is 6.30. The molecule has 1 unspecified atom stereocenters. The SMILES string of the molecule is Cc1cc(COC(=O)N2CCc3ccccc3C2c2cc(Cl)ccc2OCC(=O)O)nn1C. The molecule has 0 bridgehead atoms. The number of carboxylic acids is 1. The van der Waals surface area contributed by atoms with Crippen LogP contribution in [-0.2, 0) is 29.6 Å². The third-order valence-electron chi connectivity index (χ3n) is 5.64. The number of aromatic nitrogens is 2. The molecular weight excluding hydrogens is 446 g/mol. The fourth-order valence-electron chi connectivity index (χ4n) is 4.03. The number of carbonyl (C=O) groups excluding carboxylic acids is 1. The van der Waals surface area contributed by atoms with Crippen LogP contribution >= 0.6 is 11.6 Å². The first-order valence-corrected chi connectivity index (χ1v) is 10.9. The molecule has 8 nitrogen and oxygen atoms in total. The van der Waals surface area contributed by atoms with Gasteiger partial charge in [0.1, 0.15) is 18.1 Å². The third-order valence-corrected chi connectivity index (χ3v) is 5.88. The number of halogens is 1. The lowest BCUT2D eigenvalue weighted by Crippen LogP contribution is -2.41. The molecule has 1 aromatic heterocycles. The minimum atomic E-state index is -1.10. The number of aliphatic carboxylic acids is 1. The first kappa shape index (κ1) is 22.7. The summed E-state index contributed by atoms with van der Waals surface area (Å²) in [5, 5.41) is 13.9. The molecule has 1 aliphatic rings. The van der Waals surface area contributed by atoms with Gasteiger partial charge in [-0.1, -0.05) is 35.9 Å². The number of hydrogen-bond donors (Lipinski definition) is 1. The van der Waals surface area contributed by atoms with Gasteiger partial charge < -0.3 is 14.6 Å². The lowest BCUT2D eigenvalue weighted by atomic mass is 9.88. The minimum absolute atomic E-state index is 0.0449. The van der Waals surface area contributed by atoms with Crippen molar-refractivity contribution < 1.29 is 24.2 Å². The van der Waals surface area contributed by atoms with Crippen molar-refractivity contribution in [1.29, 1.82) is 0 Å². The van der Waals surface area contributed by atoms with Gasteiger partial charge in [-0.05, 0) is 48.7 Å². The van der Waals surface area contributed by atoms with Gasteiger partial charge in [0.2, 0.25) is 0 Å². The number of aryl methyl sites for hydroxylation is 2. The molecule has 1 atom stereocenters. The van der Waals surface area contributed by atoms with E-state index >= 15 is 0 Å². The van der Waals surface area contributed by atoms with Gasteiger partial charge in [-0.3, -0.25) is 9.58 Å². The van der Waals surface area contributed by atoms with Gasteiger partial charge in [0.15, 0.2) is 6.61 Å². The molecule has 9 heteroatoms. The molecule has 1 N–H and O–H groups in total. The van der Waals surface area contributed by atoms with E-state index in [-0.39, 0.29) is 6.61 Å². The Hall–Kier alpha value is -3.52. The van der Waals surface area contributed by atoms with E-state index < -0.39 is 24.7 Å². The fraction of sp³-hybridized carbons (Fsp3) is 0.292. The number of hydrogen-bond acceptors (Lipinski definition) is 5. The summed E-state index contributed by atoms with van der Waals surface area (Å²) in [6.45, 7) is 1.89. The van der Waals surface area contributed by atoms with Crippen molar-refractivity contribution in [2.45, 2.75) is 26.0 Å². The molecule has 0 spiro atoms. The Balaban J connectivity index is 1.68. The van der Waals surface area contributed by atoms with Crippen molar-refractivity contribution in [1.82, 2.24) is 14.7 Å². The van der Waals surface area contributed by atoms with Crippen molar-refractivity contribution in [2.24, 2.45) is 7.05 Å². The van der Waals surface area contributed by atoms with E-state index in [1.165, 1.54) is 0 Å². The predicted octanol–water partition coefficient (Wildman–Crippen LogP) is 4.13. The van der Waals surface area contributed by atoms with Crippen molar-refractivity contribution in [3.8, 4) is 5.75 Å². The van der Waals surface area contributed by atoms with Crippen LogP contribution < -0.4 is 4.74 Å². The van der Waals surface area contributed by atoms with Crippen molar-refractivity contribution in [3.05, 3.63) is 81.6 Å². The highest BCUT2D eigenvalue weighted by Crippen LogP contribution is 2.40. The van der Waals surface area contributed by atoms with Crippen molar-refractivity contribution in [3.63, 3.8) is 0 Å². The fourth-order valence-corrected chi connectivity index (χ4v) is 4.21. The molecule has 172 valence electrons. The lowest BCUT2D eigenvalue weighted by Gasteiger charge is -2.37. The highest BCUT2D eigenvalue weighted by atomic mass is 35.5. The van der Waals surface area contributed by atoms with Crippen LogP contribution in [0.3, 0.4) is 0 Å². The molecule has 2 aromatic carbocycles. The minimum Gasteiger partial charge on any atom is -0.482 e. The Labute approximate surface area is 196 Å². The Morgan fingerprint density at radius 2 is 1.97 bits per heavy atom. The van der Waals surface area contributed by atoms with E-state index in [2.05, 4.69) is 5.10 Å². The number of carbonyl (C=O) groups is 2. The average Bonchev–Trinajstić information content (AvgIpc) is 3.12. The monoisotopic (exact) mass is 469 g/mol. The smallest absolute Gasteiger partial charge is 0.410 e. The van der Waals surface area contributed by atoms with Crippen LogP contribution in [0.1, 0.15) is 34.1 Å². The summed E-state index contributed by atoms with van der Waals surface area (Å²) in [4.78, 5) is 25.9. The van der Waals surface area contributed by atoms with Gasteiger partial charge in [-0.25, -0.2) is 9.59 Å². The molecule has 0 saturated heterocycles. The van der Waals surface area contributed by atoms with Crippen LogP contribution in [-0.4, -0.2) is 45.0 Å². The van der Waals surface area contributed by atoms with Gasteiger partial charge >= 0.3 is 12.1 Å². The molecular formula is C24H24ClN3O5. The largest absolute Gasteiger partial charge is 0.482 e. The number of nitrogens with zero attached hydrogens (tertiary/aromatic N) is 3. The molecule has 2 heterocycles. The van der Waals surface area contributed by atoms with Gasteiger partial charge in [-0.15, -0.1) is 0 Å². The van der Waals surface area contributed by atoms with Gasteiger partial charge in [0, 0.05) is 29.9 Å². The Bertz CT molecular complexity index is 1170. The summed E-state index contributed by atoms with van der Waals surface area (Å²) >= 11 is 6.29. The maximum Gasteiger partial charge on any atom is 0.410 e. The van der Waals surface area contributed by atoms with E-state index in [9.17, 15) is 9.59 Å². The lowest BCUT2D eigenvalue weighted by molar-refractivity contribution is -0.139. The van der Waals surface area contributed by atoms with E-state index in [1.54, 1.807) is 27.8 Å². The molecule has 3 aromatic rings. The summed E-state index contributed by atoms with van der Waals surface area (Å²) in [5.74, 6) is -0.747. The molecule has 0 radical (unpaired) electrons. The van der Waals surface area contributed by atoms with Crippen LogP contribution in [0.2, 0.25) is 5.02 Å². The topological polar surface area (TPSA) is 93.9 Å². The maximum absolute atomic E-state index is 13.2. The second-order valence-electron chi connectivity index (χ2n) is 7.86. The third kappa shape index (κ3) is 4.96. The van der Waals surface area contributed by atoms with Crippen LogP contribution in [0.25, 0.3) is 0 Å². The van der Waals surface area contributed by atoms with E-state index in [1.807, 2.05) is 44.3 Å². The van der Waals surface area contributed by atoms with Crippen molar-refractivity contribution in [2.75, 3.05) is 13.2 Å². The highest BCUT2D eigenvalue weighted by Gasteiger charge is 2.35. The Morgan fingerprint density at radius 1 is 1.18 bits per heavy atom. The van der Waals surface area contributed by atoms with E-state index in [0.29, 0.717) is 35.0 Å². The molecule has 33 heavy (non-hydrogen) atoms. The van der Waals surface area contributed by atoms with Gasteiger partial charge in [-0.2, -0.15) is 5.10 Å². The quantitative estimate of drug-likeness (QED) is 0.583. The van der Waals surface area contributed by atoms with Crippen LogP contribution in [0.5, 0.6) is 5.75 Å². The Morgan fingerprint density at radius 3 is 2.70 bits per heavy atom. The first-order valence-electron chi connectivity index (χ1n) is 10.5. The van der Waals surface area contributed by atoms with Crippen LogP contribution in [0.4, 0.5) is 4.79 Å². The summed E-state index contributed by atoms with van der Waals surface area (Å²) in [6, 6.07) is 14.1. The number of ether oxygens (including phenoxy) is 2. The normalized spacial score (nSPS) is 15.1. The zero-order valence-electron chi connectivity index (χ0n) is 18.3. The maximum atomic E-state index is 13.2. The average molecular weight is 470 g/mol. The second-order valence-corrected chi connectivity index (χ2v) is 8.30. The number of rotatable bonds is 6. The standard InChI is InChI=1S/C24H24ClN3O5/c1-15-11-18(26-27(15)2)13-33-24(31)28-10-9-16-5-3-4-6-19(16)23(28)20-12-17(25)7-8-21(20)32-14-22(29)30/h3-8,11-12,23H,9-10,13-14H2,1-2H3,(H,29,30). The number of carboxylic acid groups (broad SMARTS) is 1. The number of amides is 1. The molecule has 4 rings (SSSR count). The molecule has 0 fully saturated rings. The summed E-state index contributed by atoms with van der Waals surface area (Å²) in [7, 11) is 1.83. The zero-order chi connectivity index (χ0) is 23.5. The number of fused-ring (bicyclic) bond motifs is 1. The van der Waals surface area contributed by atoms with Crippen LogP contribution in [0, 0.1) is 6.92 Å². The Kier molecular flexibility index (Phi) is 6.55. The van der Waals surface area contributed by atoms with E-state index in [0.717, 1.165) is 16.8 Å². The molecule has 0 saturated carbocycles. The van der Waals surface area contributed by atoms with Gasteiger partial charge in [0.05, 0.1) is 6.04 Å². The number of benzene rings is 2. The summed E-state index contributed by atoms with van der Waals surface area (Å²) < 4.78 is 12.9. The van der Waals surface area contributed by atoms with Crippen molar-refractivity contribution >= 4 is 23.7 Å². The first-order chi connectivity index (χ1) is 15.8. The molecule has 0 aliphatic carbocycles. The zero-order valence-corrected chi connectivity index (χ0v) is 19.1. The predicted molar refractivity (Wildman–Crippen MR) is 121 cm³/mol. The van der Waals surface area contributed by atoms with Crippen LogP contribution in [0.15, 0.2) is 48.5 Å². The second kappa shape index (κ2) is 9.54.